The van der Waals surface area contributed by atoms with E-state index in [-0.39, 0.29) is 24.1 Å². The second kappa shape index (κ2) is 4.21. The third-order valence-corrected chi connectivity index (χ3v) is 2.07. The molecular weight excluding hydrogens is 168 g/mol. The predicted molar refractivity (Wildman–Crippen MR) is 48.1 cm³/mol. The maximum atomic E-state index is 11.1. The maximum Gasteiger partial charge on any atom is 0.309 e. The third-order valence-electron chi connectivity index (χ3n) is 2.07. The molecule has 0 aromatic carbocycles. The summed E-state index contributed by atoms with van der Waals surface area (Å²) >= 11 is 0. The molecule has 0 heterocycles. The molecule has 13 heavy (non-hydrogen) atoms. The normalized spacial score (nSPS) is 21.5. The van der Waals surface area contributed by atoms with Gasteiger partial charge in [0.15, 0.2) is 0 Å². The second-order valence-electron chi connectivity index (χ2n) is 3.24. The van der Waals surface area contributed by atoms with Gasteiger partial charge < -0.3 is 4.74 Å². The van der Waals surface area contributed by atoms with Gasteiger partial charge in [0.1, 0.15) is 5.78 Å². The Bertz CT molecular complexity index is 253. The van der Waals surface area contributed by atoms with Crippen molar-refractivity contribution >= 4 is 11.8 Å². The average Bonchev–Trinajstić information content (AvgIpc) is 2.31. The second-order valence-corrected chi connectivity index (χ2v) is 3.24. The lowest BCUT2D eigenvalue weighted by atomic mass is 10.1. The molecule has 72 valence electrons. The van der Waals surface area contributed by atoms with Crippen LogP contribution in [0.15, 0.2) is 11.6 Å². The fourth-order valence-electron chi connectivity index (χ4n) is 1.41. The lowest BCUT2D eigenvalue weighted by Gasteiger charge is -2.00. The van der Waals surface area contributed by atoms with Gasteiger partial charge in [0.2, 0.25) is 0 Å². The molecule has 1 rings (SSSR count). The SMILES string of the molecule is CCOC(=O)CC1=C[C@@H](C)C(=O)C1. The first-order valence-electron chi connectivity index (χ1n) is 4.51. The van der Waals surface area contributed by atoms with Crippen molar-refractivity contribution in [1.82, 2.24) is 0 Å². The summed E-state index contributed by atoms with van der Waals surface area (Å²) in [4.78, 5) is 22.2. The largest absolute Gasteiger partial charge is 0.466 e. The minimum Gasteiger partial charge on any atom is -0.466 e. The van der Waals surface area contributed by atoms with E-state index in [1.165, 1.54) is 0 Å². The molecule has 0 aliphatic heterocycles. The molecule has 0 saturated carbocycles. The topological polar surface area (TPSA) is 43.4 Å². The molecule has 0 spiro atoms. The molecule has 0 bridgehead atoms. The van der Waals surface area contributed by atoms with E-state index >= 15 is 0 Å². The Labute approximate surface area is 77.8 Å². The van der Waals surface area contributed by atoms with Crippen LogP contribution in [0.25, 0.3) is 0 Å². The summed E-state index contributed by atoms with van der Waals surface area (Å²) in [7, 11) is 0. The molecule has 0 saturated heterocycles. The van der Waals surface area contributed by atoms with Crippen LogP contribution in [-0.4, -0.2) is 18.4 Å². The summed E-state index contributed by atoms with van der Waals surface area (Å²) in [6, 6.07) is 0. The summed E-state index contributed by atoms with van der Waals surface area (Å²) < 4.78 is 4.78. The van der Waals surface area contributed by atoms with Crippen molar-refractivity contribution in [2.24, 2.45) is 5.92 Å². The number of Topliss-reactive ketones (excluding diaryl/α,β-unsaturated/α-hetero) is 1. The van der Waals surface area contributed by atoms with E-state index in [9.17, 15) is 9.59 Å². The lowest BCUT2D eigenvalue weighted by molar-refractivity contribution is -0.142. The summed E-state index contributed by atoms with van der Waals surface area (Å²) in [5, 5.41) is 0. The van der Waals surface area contributed by atoms with E-state index in [0.29, 0.717) is 13.0 Å². The molecule has 1 atom stereocenters. The highest BCUT2D eigenvalue weighted by molar-refractivity contribution is 5.89. The zero-order valence-electron chi connectivity index (χ0n) is 8.00. The van der Waals surface area contributed by atoms with Gasteiger partial charge in [-0.2, -0.15) is 0 Å². The zero-order chi connectivity index (χ0) is 9.84. The van der Waals surface area contributed by atoms with Crippen LogP contribution in [0.1, 0.15) is 26.7 Å². The highest BCUT2D eigenvalue weighted by Gasteiger charge is 2.22. The standard InChI is InChI=1S/C10H14O3/c1-3-13-10(12)6-8-4-7(2)9(11)5-8/h4,7H,3,5-6H2,1-2H3/t7-/m1/s1. The third kappa shape index (κ3) is 2.68. The smallest absolute Gasteiger partial charge is 0.309 e. The number of hydrogen-bond acceptors (Lipinski definition) is 3. The lowest BCUT2D eigenvalue weighted by Crippen LogP contribution is -2.05. The van der Waals surface area contributed by atoms with E-state index in [0.717, 1.165) is 5.57 Å². The van der Waals surface area contributed by atoms with Crippen molar-refractivity contribution in [3.63, 3.8) is 0 Å². The first kappa shape index (κ1) is 9.96. The van der Waals surface area contributed by atoms with Gasteiger partial charge in [0.25, 0.3) is 0 Å². The van der Waals surface area contributed by atoms with Gasteiger partial charge in [-0.3, -0.25) is 9.59 Å². The van der Waals surface area contributed by atoms with Gasteiger partial charge in [-0.1, -0.05) is 18.6 Å². The monoisotopic (exact) mass is 182 g/mol. The van der Waals surface area contributed by atoms with E-state index in [1.54, 1.807) is 6.92 Å². The van der Waals surface area contributed by atoms with Crippen molar-refractivity contribution < 1.29 is 14.3 Å². The number of carbonyl (C=O) groups excluding carboxylic acids is 2. The van der Waals surface area contributed by atoms with Crippen molar-refractivity contribution in [2.45, 2.75) is 26.7 Å². The van der Waals surface area contributed by atoms with E-state index in [1.807, 2.05) is 13.0 Å². The number of allylic oxidation sites excluding steroid dienone is 1. The van der Waals surface area contributed by atoms with Gasteiger partial charge >= 0.3 is 5.97 Å². The Kier molecular flexibility index (Phi) is 3.23. The van der Waals surface area contributed by atoms with E-state index in [4.69, 9.17) is 4.74 Å². The molecule has 3 heteroatoms. The molecule has 1 aliphatic carbocycles. The number of rotatable bonds is 3. The quantitative estimate of drug-likeness (QED) is 0.490. The van der Waals surface area contributed by atoms with Crippen molar-refractivity contribution in [2.75, 3.05) is 6.61 Å². The van der Waals surface area contributed by atoms with Crippen LogP contribution in [0.4, 0.5) is 0 Å². The van der Waals surface area contributed by atoms with Crippen LogP contribution >= 0.6 is 0 Å². The van der Waals surface area contributed by atoms with Crippen molar-refractivity contribution in [3.05, 3.63) is 11.6 Å². The van der Waals surface area contributed by atoms with Gasteiger partial charge in [-0.05, 0) is 6.92 Å². The van der Waals surface area contributed by atoms with Crippen LogP contribution in [0.2, 0.25) is 0 Å². The fraction of sp³-hybridized carbons (Fsp3) is 0.600. The number of ketones is 1. The highest BCUT2D eigenvalue weighted by Crippen LogP contribution is 2.22. The first-order valence-corrected chi connectivity index (χ1v) is 4.51. The van der Waals surface area contributed by atoms with Gasteiger partial charge in [0, 0.05) is 12.3 Å². The van der Waals surface area contributed by atoms with Crippen LogP contribution in [-0.2, 0) is 14.3 Å². The van der Waals surface area contributed by atoms with E-state index in [2.05, 4.69) is 0 Å². The van der Waals surface area contributed by atoms with Crippen LogP contribution in [0, 0.1) is 5.92 Å². The highest BCUT2D eigenvalue weighted by atomic mass is 16.5. The molecule has 0 unspecified atom stereocenters. The number of esters is 1. The van der Waals surface area contributed by atoms with Crippen LogP contribution in [0.3, 0.4) is 0 Å². The molecular formula is C10H14O3. The molecule has 0 fully saturated rings. The molecule has 3 nitrogen and oxygen atoms in total. The Hall–Kier alpha value is -1.12. The molecule has 0 N–H and O–H groups in total. The van der Waals surface area contributed by atoms with E-state index < -0.39 is 0 Å². The first-order chi connectivity index (χ1) is 6.13. The predicted octanol–water partition coefficient (Wildman–Crippen LogP) is 1.47. The van der Waals surface area contributed by atoms with Gasteiger partial charge in [0.05, 0.1) is 13.0 Å². The Morgan fingerprint density at radius 2 is 2.38 bits per heavy atom. The van der Waals surface area contributed by atoms with Crippen LogP contribution in [0.5, 0.6) is 0 Å². The summed E-state index contributed by atoms with van der Waals surface area (Å²) in [6.45, 7) is 4.02. The molecule has 0 aromatic heterocycles. The Morgan fingerprint density at radius 1 is 1.69 bits per heavy atom. The minimum absolute atomic E-state index is 0.0237. The van der Waals surface area contributed by atoms with Gasteiger partial charge in [-0.25, -0.2) is 0 Å². The summed E-state index contributed by atoms with van der Waals surface area (Å²) in [5.41, 5.74) is 0.899. The molecule has 0 amide bonds. The number of carbonyl (C=O) groups is 2. The summed E-state index contributed by atoms with van der Waals surface area (Å²) in [5.74, 6) is -0.0700. The molecule has 0 radical (unpaired) electrons. The summed E-state index contributed by atoms with van der Waals surface area (Å²) in [6.07, 6.45) is 2.54. The maximum absolute atomic E-state index is 11.1. The van der Waals surface area contributed by atoms with Crippen LogP contribution < -0.4 is 0 Å². The number of hydrogen-bond donors (Lipinski definition) is 0. The molecule has 1 aliphatic rings. The zero-order valence-corrected chi connectivity index (χ0v) is 8.00. The minimum atomic E-state index is -0.240. The van der Waals surface area contributed by atoms with Crippen molar-refractivity contribution in [1.29, 1.82) is 0 Å². The average molecular weight is 182 g/mol. The van der Waals surface area contributed by atoms with Crippen molar-refractivity contribution in [3.8, 4) is 0 Å². The Morgan fingerprint density at radius 3 is 2.85 bits per heavy atom. The molecule has 0 aromatic rings. The Balaban J connectivity index is 2.43. The fourth-order valence-corrected chi connectivity index (χ4v) is 1.41. The number of ether oxygens (including phenoxy) is 1. The van der Waals surface area contributed by atoms with Gasteiger partial charge in [-0.15, -0.1) is 0 Å².